The van der Waals surface area contributed by atoms with Gasteiger partial charge in [0.25, 0.3) is 5.91 Å². The Morgan fingerprint density at radius 3 is 2.36 bits per heavy atom. The molecular weight excluding hydrogens is 512 g/mol. The highest BCUT2D eigenvalue weighted by molar-refractivity contribution is 5.94. The number of nitrogens with one attached hydrogen (secondary N) is 2. The second-order valence-corrected chi connectivity index (χ2v) is 9.60. The van der Waals surface area contributed by atoms with E-state index in [2.05, 4.69) is 15.6 Å². The third-order valence-corrected chi connectivity index (χ3v) is 5.24. The Bertz CT molecular complexity index is 1320. The maximum atomic E-state index is 14.1. The monoisotopic (exact) mass is 545 g/mol. The Morgan fingerprint density at radius 2 is 1.72 bits per heavy atom. The highest BCUT2D eigenvalue weighted by Crippen LogP contribution is 2.35. The molecule has 210 valence electrons. The molecule has 11 heteroatoms. The first-order valence-corrected chi connectivity index (χ1v) is 12.5. The predicted molar refractivity (Wildman–Crippen MR) is 140 cm³/mol. The quantitative estimate of drug-likeness (QED) is 0.325. The second-order valence-electron chi connectivity index (χ2n) is 9.60. The van der Waals surface area contributed by atoms with Crippen molar-refractivity contribution >= 4 is 12.0 Å². The molecule has 9 nitrogen and oxygen atoms in total. The molecule has 2 N–H and O–H groups in total. The predicted octanol–water partition coefficient (Wildman–Crippen LogP) is 5.93. The van der Waals surface area contributed by atoms with Gasteiger partial charge in [-0.3, -0.25) is 4.79 Å². The third kappa shape index (κ3) is 7.92. The molecule has 0 radical (unpaired) electrons. The topological polar surface area (TPSA) is 112 Å². The van der Waals surface area contributed by atoms with Crippen LogP contribution in [0.5, 0.6) is 11.5 Å². The number of benzene rings is 2. The number of carbonyl (C=O) groups is 2. The average Bonchev–Trinajstić information content (AvgIpc) is 3.29. The maximum absolute atomic E-state index is 14.1. The number of hydrogen-bond acceptors (Lipinski definition) is 7. The van der Waals surface area contributed by atoms with E-state index in [0.29, 0.717) is 30.3 Å². The van der Waals surface area contributed by atoms with E-state index in [4.69, 9.17) is 18.6 Å². The summed E-state index contributed by atoms with van der Waals surface area (Å²) in [6.07, 6.45) is -1.72. The van der Waals surface area contributed by atoms with E-state index in [-0.39, 0.29) is 29.5 Å². The number of alkyl carbamates (subject to hydrolysis) is 1. The summed E-state index contributed by atoms with van der Waals surface area (Å²) in [5.74, 6) is -1.19. The number of ether oxygens (including phenoxy) is 3. The summed E-state index contributed by atoms with van der Waals surface area (Å²) >= 11 is 0. The van der Waals surface area contributed by atoms with Crippen LogP contribution in [-0.4, -0.2) is 35.7 Å². The minimum Gasteiger partial charge on any atom is -0.490 e. The number of halogens is 2. The molecule has 0 saturated carbocycles. The first-order valence-electron chi connectivity index (χ1n) is 12.5. The van der Waals surface area contributed by atoms with Crippen molar-refractivity contribution < 1.29 is 37.0 Å². The Kier molecular flexibility index (Phi) is 9.50. The van der Waals surface area contributed by atoms with Gasteiger partial charge in [-0.2, -0.15) is 0 Å². The lowest BCUT2D eigenvalue weighted by atomic mass is 10.1. The van der Waals surface area contributed by atoms with Gasteiger partial charge < -0.3 is 29.3 Å². The zero-order valence-electron chi connectivity index (χ0n) is 22.8. The van der Waals surface area contributed by atoms with Crippen molar-refractivity contribution in [3.05, 3.63) is 65.1 Å². The van der Waals surface area contributed by atoms with Gasteiger partial charge in [0, 0.05) is 29.3 Å². The third-order valence-electron chi connectivity index (χ3n) is 5.24. The molecule has 3 aromatic rings. The minimum absolute atomic E-state index is 0.0158. The molecule has 1 atom stereocenters. The Labute approximate surface area is 225 Å². The van der Waals surface area contributed by atoms with E-state index in [1.54, 1.807) is 39.0 Å². The lowest BCUT2D eigenvalue weighted by Crippen LogP contribution is -2.41. The Morgan fingerprint density at radius 1 is 1.03 bits per heavy atom. The van der Waals surface area contributed by atoms with Crippen molar-refractivity contribution in [2.45, 2.75) is 59.7 Å². The number of amides is 2. The highest BCUT2D eigenvalue weighted by Gasteiger charge is 2.29. The van der Waals surface area contributed by atoms with Crippen LogP contribution in [0.25, 0.3) is 11.5 Å². The molecule has 0 aliphatic carbocycles. The molecule has 0 saturated heterocycles. The van der Waals surface area contributed by atoms with Gasteiger partial charge in [-0.1, -0.05) is 6.07 Å². The summed E-state index contributed by atoms with van der Waals surface area (Å²) in [4.78, 5) is 29.9. The Balaban J connectivity index is 1.95. The first-order chi connectivity index (χ1) is 18.4. The molecule has 0 bridgehead atoms. The van der Waals surface area contributed by atoms with Gasteiger partial charge in [-0.05, 0) is 65.8 Å². The summed E-state index contributed by atoms with van der Waals surface area (Å²) in [5.41, 5.74) is -0.147. The number of hydrogen-bond donors (Lipinski definition) is 2. The number of nitrogens with zero attached hydrogens (tertiary/aromatic N) is 1. The lowest BCUT2D eigenvalue weighted by Gasteiger charge is -2.21. The van der Waals surface area contributed by atoms with Crippen LogP contribution < -0.4 is 20.1 Å². The van der Waals surface area contributed by atoms with Gasteiger partial charge in [-0.15, -0.1) is 0 Å². The molecule has 1 aromatic heterocycles. The van der Waals surface area contributed by atoms with E-state index in [9.17, 15) is 18.4 Å². The molecule has 0 unspecified atom stereocenters. The summed E-state index contributed by atoms with van der Waals surface area (Å²) < 4.78 is 50.0. The largest absolute Gasteiger partial charge is 0.490 e. The van der Waals surface area contributed by atoms with Crippen LogP contribution in [0.2, 0.25) is 0 Å². The van der Waals surface area contributed by atoms with Gasteiger partial charge >= 0.3 is 6.09 Å². The summed E-state index contributed by atoms with van der Waals surface area (Å²) in [6.45, 7) is 11.2. The van der Waals surface area contributed by atoms with Crippen LogP contribution >= 0.6 is 0 Å². The van der Waals surface area contributed by atoms with Crippen LogP contribution in [0.3, 0.4) is 0 Å². The first kappa shape index (κ1) is 29.4. The van der Waals surface area contributed by atoms with Gasteiger partial charge in [0.2, 0.25) is 5.89 Å². The fraction of sp³-hybridized carbons (Fsp3) is 0.393. The van der Waals surface area contributed by atoms with Gasteiger partial charge in [0.15, 0.2) is 29.1 Å². The summed E-state index contributed by atoms with van der Waals surface area (Å²) in [7, 11) is 0. The zero-order chi connectivity index (χ0) is 28.7. The van der Waals surface area contributed by atoms with Gasteiger partial charge in [0.1, 0.15) is 11.6 Å². The molecule has 2 amide bonds. The van der Waals surface area contributed by atoms with Crippen LogP contribution in [0, 0.1) is 11.6 Å². The van der Waals surface area contributed by atoms with Crippen LogP contribution in [0.1, 0.15) is 69.5 Å². The van der Waals surface area contributed by atoms with Crippen molar-refractivity contribution in [3.8, 4) is 23.0 Å². The Hall–Kier alpha value is -4.15. The molecule has 39 heavy (non-hydrogen) atoms. The van der Waals surface area contributed by atoms with E-state index < -0.39 is 35.3 Å². The van der Waals surface area contributed by atoms with Crippen molar-refractivity contribution in [1.82, 2.24) is 15.6 Å². The van der Waals surface area contributed by atoms with Crippen LogP contribution in [-0.2, 0) is 11.3 Å². The molecule has 0 fully saturated rings. The lowest BCUT2D eigenvalue weighted by molar-refractivity contribution is 0.0841. The highest BCUT2D eigenvalue weighted by atomic mass is 19.1. The second kappa shape index (κ2) is 12.6. The SMILES string of the molecule is CCOc1ccc(-c2nc(C(=O)NCc3ccc(F)cc3F)c([C@H](C)OC(=O)NC(C)(C)C)o2)cc1OCC. The van der Waals surface area contributed by atoms with Crippen molar-refractivity contribution in [2.24, 2.45) is 0 Å². The van der Waals surface area contributed by atoms with Gasteiger partial charge in [-0.25, -0.2) is 18.6 Å². The number of rotatable bonds is 10. The zero-order valence-corrected chi connectivity index (χ0v) is 22.8. The molecule has 2 aromatic carbocycles. The van der Waals surface area contributed by atoms with Crippen LogP contribution in [0.4, 0.5) is 13.6 Å². The molecule has 0 aliphatic rings. The molecule has 1 heterocycles. The number of aromatic nitrogens is 1. The molecule has 3 rings (SSSR count). The minimum atomic E-state index is -1.01. The number of carbonyl (C=O) groups excluding carboxylic acids is 2. The average molecular weight is 546 g/mol. The summed E-state index contributed by atoms with van der Waals surface area (Å²) in [6, 6.07) is 8.11. The smallest absolute Gasteiger partial charge is 0.408 e. The maximum Gasteiger partial charge on any atom is 0.408 e. The normalized spacial score (nSPS) is 12.0. The fourth-order valence-corrected chi connectivity index (χ4v) is 3.55. The summed E-state index contributed by atoms with van der Waals surface area (Å²) in [5, 5.41) is 5.24. The van der Waals surface area contributed by atoms with Crippen molar-refractivity contribution in [1.29, 1.82) is 0 Å². The molecular formula is C28H33F2N3O6. The standard InChI is InChI=1S/C28H33F2N3O6/c1-7-36-21-12-10-17(13-22(21)37-8-2)26-32-23(24(39-26)16(3)38-27(35)33-28(4,5)6)25(34)31-15-18-9-11-19(29)14-20(18)30/h9-14,16H,7-8,15H2,1-6H3,(H,31,34)(H,33,35)/t16-/m0/s1. The molecule has 0 spiro atoms. The molecule has 0 aliphatic heterocycles. The number of oxazole rings is 1. The van der Waals surface area contributed by atoms with E-state index in [1.807, 2.05) is 13.8 Å². The van der Waals surface area contributed by atoms with Crippen LogP contribution in [0.15, 0.2) is 40.8 Å². The van der Waals surface area contributed by atoms with E-state index >= 15 is 0 Å². The van der Waals surface area contributed by atoms with Crippen molar-refractivity contribution in [3.63, 3.8) is 0 Å². The van der Waals surface area contributed by atoms with E-state index in [0.717, 1.165) is 12.1 Å². The fourth-order valence-electron chi connectivity index (χ4n) is 3.55. The van der Waals surface area contributed by atoms with Gasteiger partial charge in [0.05, 0.1) is 13.2 Å². The van der Waals surface area contributed by atoms with Crippen molar-refractivity contribution in [2.75, 3.05) is 13.2 Å². The van der Waals surface area contributed by atoms with E-state index in [1.165, 1.54) is 13.0 Å².